The molecule has 1 aliphatic heterocycles. The van der Waals surface area contributed by atoms with Crippen LogP contribution in [0.3, 0.4) is 0 Å². The number of H-pyrrole nitrogens is 1. The van der Waals surface area contributed by atoms with Crippen molar-refractivity contribution < 1.29 is 23.1 Å². The molecule has 0 radical (unpaired) electrons. The highest BCUT2D eigenvalue weighted by Gasteiger charge is 2.31. The van der Waals surface area contributed by atoms with Gasteiger partial charge in [-0.05, 0) is 50.8 Å². The second-order valence-corrected chi connectivity index (χ2v) is 12.3. The Morgan fingerprint density at radius 3 is 2.49 bits per heavy atom. The van der Waals surface area contributed by atoms with Crippen molar-refractivity contribution in [3.05, 3.63) is 41.0 Å². The van der Waals surface area contributed by atoms with Gasteiger partial charge in [0.25, 0.3) is 10.0 Å². The van der Waals surface area contributed by atoms with Crippen molar-refractivity contribution in [1.82, 2.24) is 14.5 Å². The molecule has 0 amide bonds. The molecule has 3 aromatic rings. The molecule has 35 heavy (non-hydrogen) atoms. The number of rotatable bonds is 6. The third kappa shape index (κ3) is 4.56. The van der Waals surface area contributed by atoms with E-state index in [2.05, 4.69) is 30.3 Å². The molecule has 1 aromatic carbocycles. The number of ether oxygens (including phenoxy) is 1. The summed E-state index contributed by atoms with van der Waals surface area (Å²) in [7, 11) is -2.52. The molecule has 0 spiro atoms. The summed E-state index contributed by atoms with van der Waals surface area (Å²) in [5, 5.41) is 9.40. The fourth-order valence-corrected chi connectivity index (χ4v) is 6.46. The van der Waals surface area contributed by atoms with E-state index in [-0.39, 0.29) is 21.6 Å². The largest absolute Gasteiger partial charge is 0.477 e. The quantitative estimate of drug-likeness (QED) is 0.521. The molecule has 4 rings (SSSR count). The second kappa shape index (κ2) is 8.98. The average molecular weight is 503 g/mol. The summed E-state index contributed by atoms with van der Waals surface area (Å²) >= 11 is 0. The standard InChI is InChI=1S/C25H34N4O5S/c1-15-21(23(30)31)26-16(2)22(15)35(32,33)28(6)18-7-8-20-19(13-18)27-24(25(3,4)5)29(20)14-17-9-11-34-12-10-17/h7-8,13,17,26H,9-12,14H2,1-6H3,(H,30,31). The maximum Gasteiger partial charge on any atom is 0.352 e. The molecule has 0 bridgehead atoms. The number of benzene rings is 1. The van der Waals surface area contributed by atoms with Crippen LogP contribution in [-0.2, 0) is 26.7 Å². The number of sulfonamides is 1. The third-order valence-corrected chi connectivity index (χ3v) is 8.81. The molecule has 9 nitrogen and oxygen atoms in total. The van der Waals surface area contributed by atoms with E-state index in [1.54, 1.807) is 19.1 Å². The summed E-state index contributed by atoms with van der Waals surface area (Å²) in [5.74, 6) is 0.277. The smallest absolute Gasteiger partial charge is 0.352 e. The van der Waals surface area contributed by atoms with E-state index < -0.39 is 16.0 Å². The lowest BCUT2D eigenvalue weighted by Crippen LogP contribution is -2.27. The van der Waals surface area contributed by atoms with Gasteiger partial charge in [0, 0.05) is 43.5 Å². The second-order valence-electron chi connectivity index (χ2n) is 10.4. The SMILES string of the molecule is Cc1[nH]c(C(=O)O)c(C)c1S(=O)(=O)N(C)c1ccc2c(c1)nc(C(C)(C)C)n2CC1CCOCC1. The fraction of sp³-hybridized carbons (Fsp3) is 0.520. The number of imidazole rings is 1. The van der Waals surface area contributed by atoms with Gasteiger partial charge in [-0.25, -0.2) is 18.2 Å². The number of aromatic amines is 1. The van der Waals surface area contributed by atoms with E-state index in [1.165, 1.54) is 18.3 Å². The first-order chi connectivity index (χ1) is 16.3. The van der Waals surface area contributed by atoms with Crippen LogP contribution in [0.1, 0.15) is 61.2 Å². The first-order valence-corrected chi connectivity index (χ1v) is 13.3. The molecule has 2 N–H and O–H groups in total. The summed E-state index contributed by atoms with van der Waals surface area (Å²) in [5.41, 5.74) is 2.35. The number of anilines is 1. The minimum atomic E-state index is -4.00. The summed E-state index contributed by atoms with van der Waals surface area (Å²) in [4.78, 5) is 19.1. The first-order valence-electron chi connectivity index (χ1n) is 11.8. The van der Waals surface area contributed by atoms with Crippen molar-refractivity contribution in [2.24, 2.45) is 5.92 Å². The number of hydrogen-bond acceptors (Lipinski definition) is 5. The zero-order valence-electron chi connectivity index (χ0n) is 21.2. The number of nitrogens with zero attached hydrogens (tertiary/aromatic N) is 3. The van der Waals surface area contributed by atoms with Crippen molar-refractivity contribution in [2.45, 2.75) is 64.3 Å². The molecule has 0 aliphatic carbocycles. The maximum atomic E-state index is 13.5. The molecular weight excluding hydrogens is 468 g/mol. The van der Waals surface area contributed by atoms with Crippen LogP contribution in [0.4, 0.5) is 5.69 Å². The Bertz CT molecular complexity index is 1370. The topological polar surface area (TPSA) is 118 Å². The van der Waals surface area contributed by atoms with E-state index in [0.717, 1.165) is 49.5 Å². The Morgan fingerprint density at radius 2 is 1.91 bits per heavy atom. The van der Waals surface area contributed by atoms with E-state index in [9.17, 15) is 18.3 Å². The Morgan fingerprint density at radius 1 is 1.26 bits per heavy atom. The van der Waals surface area contributed by atoms with Gasteiger partial charge in [-0.1, -0.05) is 20.8 Å². The predicted octanol–water partition coefficient (Wildman–Crippen LogP) is 4.23. The number of nitrogens with one attached hydrogen (secondary N) is 1. The minimum Gasteiger partial charge on any atom is -0.477 e. The van der Waals surface area contributed by atoms with Crippen LogP contribution < -0.4 is 4.31 Å². The van der Waals surface area contributed by atoms with Gasteiger partial charge < -0.3 is 19.4 Å². The Hall–Kier alpha value is -2.85. The van der Waals surface area contributed by atoms with E-state index in [4.69, 9.17) is 9.72 Å². The number of aromatic carboxylic acids is 1. The van der Waals surface area contributed by atoms with Crippen LogP contribution in [0.25, 0.3) is 11.0 Å². The Kier molecular flexibility index (Phi) is 6.48. The predicted molar refractivity (Wildman–Crippen MR) is 135 cm³/mol. The van der Waals surface area contributed by atoms with Gasteiger partial charge in [-0.15, -0.1) is 0 Å². The summed E-state index contributed by atoms with van der Waals surface area (Å²) in [6.45, 7) is 11.9. The van der Waals surface area contributed by atoms with Crippen LogP contribution in [0.15, 0.2) is 23.1 Å². The number of aromatic nitrogens is 3. The average Bonchev–Trinajstić information content (AvgIpc) is 3.30. The number of carboxylic acid groups (broad SMARTS) is 1. The number of hydrogen-bond donors (Lipinski definition) is 2. The van der Waals surface area contributed by atoms with Crippen molar-refractivity contribution in [3.8, 4) is 0 Å². The van der Waals surface area contributed by atoms with Crippen LogP contribution in [0.2, 0.25) is 0 Å². The molecule has 1 saturated heterocycles. The molecule has 3 heterocycles. The molecule has 190 valence electrons. The summed E-state index contributed by atoms with van der Waals surface area (Å²) in [6, 6.07) is 5.50. The van der Waals surface area contributed by atoms with Gasteiger partial charge in [0.05, 0.1) is 16.7 Å². The summed E-state index contributed by atoms with van der Waals surface area (Å²) < 4.78 is 36.0. The van der Waals surface area contributed by atoms with Gasteiger partial charge in [0.2, 0.25) is 0 Å². The summed E-state index contributed by atoms with van der Waals surface area (Å²) in [6.07, 6.45) is 2.02. The monoisotopic (exact) mass is 502 g/mol. The zero-order valence-corrected chi connectivity index (χ0v) is 22.0. The van der Waals surface area contributed by atoms with Gasteiger partial charge in [0.15, 0.2) is 0 Å². The highest BCUT2D eigenvalue weighted by Crippen LogP contribution is 2.33. The molecule has 0 unspecified atom stereocenters. The first kappa shape index (κ1) is 25.2. The van der Waals surface area contributed by atoms with Gasteiger partial charge in [-0.2, -0.15) is 0 Å². The lowest BCUT2D eigenvalue weighted by molar-refractivity contribution is 0.0611. The van der Waals surface area contributed by atoms with Crippen molar-refractivity contribution in [2.75, 3.05) is 24.6 Å². The minimum absolute atomic E-state index is 0.0158. The lowest BCUT2D eigenvalue weighted by atomic mass is 9.94. The van der Waals surface area contributed by atoms with Crippen molar-refractivity contribution >= 4 is 32.7 Å². The van der Waals surface area contributed by atoms with E-state index >= 15 is 0 Å². The highest BCUT2D eigenvalue weighted by atomic mass is 32.2. The number of carbonyl (C=O) groups is 1. The lowest BCUT2D eigenvalue weighted by Gasteiger charge is -2.26. The highest BCUT2D eigenvalue weighted by molar-refractivity contribution is 7.93. The normalized spacial score (nSPS) is 15.6. The molecule has 2 aromatic heterocycles. The molecule has 0 atom stereocenters. The maximum absolute atomic E-state index is 13.5. The Labute approximate surface area is 206 Å². The number of aryl methyl sites for hydroxylation is 1. The fourth-order valence-electron chi connectivity index (χ4n) is 4.87. The molecular formula is C25H34N4O5S. The van der Waals surface area contributed by atoms with Crippen molar-refractivity contribution in [3.63, 3.8) is 0 Å². The van der Waals surface area contributed by atoms with E-state index in [1.807, 2.05) is 6.07 Å². The molecule has 1 fully saturated rings. The molecule has 1 aliphatic rings. The number of fused-ring (bicyclic) bond motifs is 1. The van der Waals surface area contributed by atoms with Gasteiger partial charge in [0.1, 0.15) is 16.4 Å². The number of carboxylic acids is 1. The van der Waals surface area contributed by atoms with Crippen molar-refractivity contribution in [1.29, 1.82) is 0 Å². The Balaban J connectivity index is 1.76. The van der Waals surface area contributed by atoms with Crippen LogP contribution >= 0.6 is 0 Å². The van der Waals surface area contributed by atoms with E-state index in [0.29, 0.717) is 17.3 Å². The zero-order chi connectivity index (χ0) is 25.7. The molecule has 10 heteroatoms. The van der Waals surface area contributed by atoms with Crippen LogP contribution in [0, 0.1) is 19.8 Å². The van der Waals surface area contributed by atoms with Crippen LogP contribution in [0.5, 0.6) is 0 Å². The third-order valence-electron chi connectivity index (χ3n) is 6.75. The van der Waals surface area contributed by atoms with Gasteiger partial charge in [-0.3, -0.25) is 4.31 Å². The molecule has 0 saturated carbocycles. The van der Waals surface area contributed by atoms with Gasteiger partial charge >= 0.3 is 5.97 Å². The van der Waals surface area contributed by atoms with Crippen LogP contribution in [-0.4, -0.2) is 54.3 Å².